The van der Waals surface area contributed by atoms with Gasteiger partial charge in [0.15, 0.2) is 5.60 Å². The molecule has 0 unspecified atom stereocenters. The average Bonchev–Trinajstić information content (AvgIpc) is 3.48. The maximum absolute atomic E-state index is 14.0. The van der Waals surface area contributed by atoms with Crippen molar-refractivity contribution in [2.45, 2.75) is 50.5 Å². The Bertz CT molecular complexity index is 1220. The molecule has 0 aromatic carbocycles. The third kappa shape index (κ3) is 3.76. The van der Waals surface area contributed by atoms with Crippen LogP contribution < -0.4 is 0 Å². The van der Waals surface area contributed by atoms with Crippen LogP contribution in [0.25, 0.3) is 5.52 Å². The highest BCUT2D eigenvalue weighted by atomic mass is 19.1. The number of carbonyl (C=O) groups is 2. The van der Waals surface area contributed by atoms with Gasteiger partial charge in [0.1, 0.15) is 12.1 Å². The summed E-state index contributed by atoms with van der Waals surface area (Å²) >= 11 is 0. The number of pyridine rings is 1. The summed E-state index contributed by atoms with van der Waals surface area (Å²) in [6.45, 7) is 5.92. The Balaban J connectivity index is 1.28. The number of ether oxygens (including phenoxy) is 1. The fourth-order valence-electron chi connectivity index (χ4n) is 5.39. The molecular formula is C26H27F2N3O3. The van der Waals surface area contributed by atoms with Crippen LogP contribution in [0.15, 0.2) is 72.6 Å². The van der Waals surface area contributed by atoms with E-state index in [0.29, 0.717) is 49.9 Å². The van der Waals surface area contributed by atoms with Crippen molar-refractivity contribution in [2.75, 3.05) is 13.1 Å². The Labute approximate surface area is 196 Å². The van der Waals surface area contributed by atoms with Crippen LogP contribution in [0.1, 0.15) is 43.0 Å². The molecule has 0 bridgehead atoms. The van der Waals surface area contributed by atoms with Gasteiger partial charge in [-0.3, -0.25) is 9.59 Å². The highest BCUT2D eigenvalue weighted by Crippen LogP contribution is 2.44. The van der Waals surface area contributed by atoms with Crippen molar-refractivity contribution in [1.29, 1.82) is 0 Å². The van der Waals surface area contributed by atoms with E-state index in [-0.39, 0.29) is 24.1 Å². The summed E-state index contributed by atoms with van der Waals surface area (Å²) in [4.78, 5) is 30.1. The number of allylic oxidation sites excluding steroid dienone is 3. The summed E-state index contributed by atoms with van der Waals surface area (Å²) in [5.74, 6) is -1.56. The zero-order valence-electron chi connectivity index (χ0n) is 19.0. The maximum atomic E-state index is 14.0. The number of halogens is 2. The van der Waals surface area contributed by atoms with Gasteiger partial charge in [-0.05, 0) is 49.6 Å². The number of fused-ring (bicyclic) bond motifs is 2. The molecule has 3 aliphatic heterocycles. The molecule has 0 N–H and O–H groups in total. The molecule has 178 valence electrons. The fraction of sp³-hybridized carbons (Fsp3) is 0.385. The van der Waals surface area contributed by atoms with E-state index in [1.165, 1.54) is 13.0 Å². The minimum absolute atomic E-state index is 0.0578. The molecule has 2 aromatic heterocycles. The lowest BCUT2D eigenvalue weighted by atomic mass is 9.89. The Hall–Kier alpha value is -3.26. The molecule has 5 rings (SSSR count). The van der Waals surface area contributed by atoms with E-state index < -0.39 is 17.3 Å². The van der Waals surface area contributed by atoms with E-state index >= 15 is 0 Å². The summed E-state index contributed by atoms with van der Waals surface area (Å²) in [7, 11) is 0. The lowest BCUT2D eigenvalue weighted by Crippen LogP contribution is -2.52. The number of amides is 2. The highest BCUT2D eigenvalue weighted by Gasteiger charge is 2.58. The molecule has 3 saturated heterocycles. The zero-order chi connectivity index (χ0) is 24.0. The van der Waals surface area contributed by atoms with Crippen molar-refractivity contribution in [1.82, 2.24) is 14.2 Å². The standard InChI is InChI=1S/C26H27F2N3O3/c1-17(15-19(28)16-18(2)27)21-6-7-23-31(21)25(33)26(34-23)9-13-30(14-10-26)24(32)20-8-12-29-11-4-3-5-22(20)29/h3-5,8,11-12,15-16,21,23H,1,6-7,9-10,13-14H2,2H3/b18-16+,19-15+/t21-,23+/m0/s1. The van der Waals surface area contributed by atoms with Crippen LogP contribution in [0, 0.1) is 0 Å². The molecule has 6 nitrogen and oxygen atoms in total. The first-order valence-corrected chi connectivity index (χ1v) is 11.5. The number of nitrogens with zero attached hydrogens (tertiary/aromatic N) is 3. The molecule has 0 aliphatic carbocycles. The largest absolute Gasteiger partial charge is 0.342 e. The maximum Gasteiger partial charge on any atom is 0.257 e. The topological polar surface area (TPSA) is 54.3 Å². The van der Waals surface area contributed by atoms with Crippen LogP contribution in [-0.2, 0) is 9.53 Å². The van der Waals surface area contributed by atoms with Crippen LogP contribution in [0.3, 0.4) is 0 Å². The van der Waals surface area contributed by atoms with Crippen molar-refractivity contribution in [2.24, 2.45) is 0 Å². The normalized spacial score (nSPS) is 24.9. The second-order valence-corrected chi connectivity index (χ2v) is 9.22. The van der Waals surface area contributed by atoms with Gasteiger partial charge in [-0.1, -0.05) is 12.6 Å². The molecule has 8 heteroatoms. The predicted molar refractivity (Wildman–Crippen MR) is 123 cm³/mol. The first-order chi connectivity index (χ1) is 16.3. The molecular weight excluding hydrogens is 440 g/mol. The van der Waals surface area contributed by atoms with Crippen LogP contribution >= 0.6 is 0 Å². The summed E-state index contributed by atoms with van der Waals surface area (Å²) in [5, 5.41) is 0. The third-order valence-electron chi connectivity index (χ3n) is 7.06. The highest BCUT2D eigenvalue weighted by molar-refractivity contribution is 6.01. The zero-order valence-corrected chi connectivity index (χ0v) is 19.0. The van der Waals surface area contributed by atoms with Crippen molar-refractivity contribution in [3.05, 3.63) is 78.2 Å². The van der Waals surface area contributed by atoms with Crippen LogP contribution in [0.5, 0.6) is 0 Å². The minimum Gasteiger partial charge on any atom is -0.342 e. The Kier molecular flexibility index (Phi) is 5.64. The molecule has 1 spiro atoms. The summed E-state index contributed by atoms with van der Waals surface area (Å²) in [6.07, 6.45) is 7.40. The summed E-state index contributed by atoms with van der Waals surface area (Å²) < 4.78 is 35.2. The number of piperidine rings is 1. The number of aromatic nitrogens is 1. The summed E-state index contributed by atoms with van der Waals surface area (Å²) in [5.41, 5.74) is 0.931. The van der Waals surface area contributed by atoms with Crippen LogP contribution in [-0.4, -0.2) is 57.0 Å². The lowest BCUT2D eigenvalue weighted by molar-refractivity contribution is -0.142. The Morgan fingerprint density at radius 1 is 1.15 bits per heavy atom. The number of carbonyl (C=O) groups excluding carboxylic acids is 2. The van der Waals surface area contributed by atoms with E-state index in [0.717, 1.165) is 11.6 Å². The van der Waals surface area contributed by atoms with Crippen LogP contribution in [0.2, 0.25) is 0 Å². The number of likely N-dealkylation sites (tertiary alicyclic amines) is 1. The van der Waals surface area contributed by atoms with Gasteiger partial charge in [-0.15, -0.1) is 0 Å². The Morgan fingerprint density at radius 2 is 1.91 bits per heavy atom. The van der Waals surface area contributed by atoms with Gasteiger partial charge in [0, 0.05) is 44.4 Å². The monoisotopic (exact) mass is 467 g/mol. The molecule has 0 saturated carbocycles. The van der Waals surface area contributed by atoms with E-state index in [1.54, 1.807) is 9.80 Å². The van der Waals surface area contributed by atoms with Crippen molar-refractivity contribution >= 4 is 17.3 Å². The molecule has 2 atom stereocenters. The Morgan fingerprint density at radius 3 is 2.65 bits per heavy atom. The van der Waals surface area contributed by atoms with Gasteiger partial charge in [0.05, 0.1) is 22.9 Å². The van der Waals surface area contributed by atoms with Gasteiger partial charge in [0.25, 0.3) is 11.8 Å². The minimum atomic E-state index is -0.971. The van der Waals surface area contributed by atoms with Gasteiger partial charge in [-0.25, -0.2) is 8.78 Å². The first kappa shape index (κ1) is 22.5. The molecule has 0 radical (unpaired) electrons. The van der Waals surface area contributed by atoms with E-state index in [1.807, 2.05) is 41.1 Å². The van der Waals surface area contributed by atoms with E-state index in [4.69, 9.17) is 4.74 Å². The second kappa shape index (κ2) is 8.51. The molecule has 2 amide bonds. The lowest BCUT2D eigenvalue weighted by Gasteiger charge is -2.37. The smallest absolute Gasteiger partial charge is 0.257 e. The van der Waals surface area contributed by atoms with Crippen molar-refractivity contribution < 1.29 is 23.1 Å². The molecule has 5 heterocycles. The van der Waals surface area contributed by atoms with Crippen molar-refractivity contribution in [3.8, 4) is 0 Å². The van der Waals surface area contributed by atoms with E-state index in [9.17, 15) is 18.4 Å². The molecule has 3 fully saturated rings. The second-order valence-electron chi connectivity index (χ2n) is 9.22. The number of rotatable bonds is 4. The van der Waals surface area contributed by atoms with Crippen molar-refractivity contribution in [3.63, 3.8) is 0 Å². The molecule has 2 aromatic rings. The van der Waals surface area contributed by atoms with Gasteiger partial charge >= 0.3 is 0 Å². The van der Waals surface area contributed by atoms with Gasteiger partial charge in [0.2, 0.25) is 0 Å². The van der Waals surface area contributed by atoms with Gasteiger partial charge < -0.3 is 18.9 Å². The molecule has 3 aliphatic rings. The quantitative estimate of drug-likeness (QED) is 0.621. The molecule has 34 heavy (non-hydrogen) atoms. The van der Waals surface area contributed by atoms with Crippen LogP contribution in [0.4, 0.5) is 8.78 Å². The van der Waals surface area contributed by atoms with Gasteiger partial charge in [-0.2, -0.15) is 0 Å². The third-order valence-corrected chi connectivity index (χ3v) is 7.06. The predicted octanol–water partition coefficient (Wildman–Crippen LogP) is 4.54. The average molecular weight is 468 g/mol. The fourth-order valence-corrected chi connectivity index (χ4v) is 5.39. The SMILES string of the molecule is C=C(/C=C(F)\C=C(/C)F)[C@@H]1CC[C@H]2OC3(CCN(C(=O)c4ccn5ccccc45)CC3)C(=O)N21. The first-order valence-electron chi connectivity index (χ1n) is 11.5. The number of hydrogen-bond donors (Lipinski definition) is 0. The van der Waals surface area contributed by atoms with E-state index in [2.05, 4.69) is 6.58 Å². The number of hydrogen-bond acceptors (Lipinski definition) is 3. The summed E-state index contributed by atoms with van der Waals surface area (Å²) in [6, 6.07) is 7.15.